The molecule has 2 atom stereocenters. The van der Waals surface area contributed by atoms with Crippen molar-refractivity contribution in [3.8, 4) is 0 Å². The molecule has 0 amide bonds. The van der Waals surface area contributed by atoms with E-state index >= 15 is 0 Å². The lowest BCUT2D eigenvalue weighted by Gasteiger charge is -2.32. The normalized spacial score (nSPS) is 19.2. The van der Waals surface area contributed by atoms with Crippen molar-refractivity contribution in [2.75, 3.05) is 6.54 Å². The second-order valence-corrected chi connectivity index (χ2v) is 7.14. The maximum Gasteiger partial charge on any atom is 0.0389 e. The molecular weight excluding hydrogens is 274 g/mol. The predicted molar refractivity (Wildman–Crippen MR) is 92.2 cm³/mol. The molecule has 1 aliphatic carbocycles. The van der Waals surface area contributed by atoms with Crippen LogP contribution in [0.2, 0.25) is 0 Å². The van der Waals surface area contributed by atoms with Gasteiger partial charge >= 0.3 is 0 Å². The van der Waals surface area contributed by atoms with E-state index in [0.717, 1.165) is 6.54 Å². The first-order chi connectivity index (χ1) is 10.3. The largest absolute Gasteiger partial charge is 0.309 e. The minimum atomic E-state index is 0.458. The van der Waals surface area contributed by atoms with Gasteiger partial charge in [0.25, 0.3) is 0 Å². The zero-order valence-electron chi connectivity index (χ0n) is 13.1. The van der Waals surface area contributed by atoms with Gasteiger partial charge in [0.2, 0.25) is 0 Å². The van der Waals surface area contributed by atoms with E-state index in [0.29, 0.717) is 12.0 Å². The molecule has 2 aromatic rings. The summed E-state index contributed by atoms with van der Waals surface area (Å²) in [5.41, 5.74) is 4.38. The van der Waals surface area contributed by atoms with E-state index in [1.165, 1.54) is 36.8 Å². The van der Waals surface area contributed by atoms with Gasteiger partial charge in [-0.15, -0.1) is 11.3 Å². The molecule has 1 heterocycles. The number of nitrogens with one attached hydrogen (secondary N) is 1. The Bertz CT molecular complexity index is 570. The summed E-state index contributed by atoms with van der Waals surface area (Å²) in [6, 6.07) is 11.9. The van der Waals surface area contributed by atoms with Gasteiger partial charge in [-0.3, -0.25) is 0 Å². The van der Waals surface area contributed by atoms with Crippen molar-refractivity contribution in [3.05, 3.63) is 57.3 Å². The molecule has 0 fully saturated rings. The molecule has 2 unspecified atom stereocenters. The number of hydrogen-bond donors (Lipinski definition) is 1. The third-order valence-corrected chi connectivity index (χ3v) is 5.55. The van der Waals surface area contributed by atoms with Crippen LogP contribution in [0.1, 0.15) is 59.7 Å². The number of fused-ring (bicyclic) bond motifs is 1. The molecule has 2 heteroatoms. The molecule has 21 heavy (non-hydrogen) atoms. The summed E-state index contributed by atoms with van der Waals surface area (Å²) in [5.74, 6) is 0.634. The van der Waals surface area contributed by atoms with Crippen LogP contribution in [0.25, 0.3) is 0 Å². The van der Waals surface area contributed by atoms with Gasteiger partial charge < -0.3 is 5.32 Å². The number of benzene rings is 1. The van der Waals surface area contributed by atoms with Crippen LogP contribution in [-0.2, 0) is 6.42 Å². The van der Waals surface area contributed by atoms with Crippen molar-refractivity contribution in [1.29, 1.82) is 0 Å². The van der Waals surface area contributed by atoms with Gasteiger partial charge in [-0.2, -0.15) is 0 Å². The second-order valence-electron chi connectivity index (χ2n) is 6.14. The lowest BCUT2D eigenvalue weighted by molar-refractivity contribution is 0.404. The average molecular weight is 299 g/mol. The van der Waals surface area contributed by atoms with Gasteiger partial charge in [0.15, 0.2) is 0 Å². The van der Waals surface area contributed by atoms with E-state index in [9.17, 15) is 0 Å². The minimum Gasteiger partial charge on any atom is -0.309 e. The first-order valence-corrected chi connectivity index (χ1v) is 9.03. The molecule has 1 nitrogen and oxygen atoms in total. The Kier molecular flexibility index (Phi) is 4.77. The van der Waals surface area contributed by atoms with Crippen molar-refractivity contribution >= 4 is 11.3 Å². The fourth-order valence-corrected chi connectivity index (χ4v) is 4.43. The van der Waals surface area contributed by atoms with Crippen molar-refractivity contribution in [2.24, 2.45) is 0 Å². The molecule has 0 bridgehead atoms. The summed E-state index contributed by atoms with van der Waals surface area (Å²) in [5, 5.41) is 6.08. The lowest BCUT2D eigenvalue weighted by atomic mass is 9.79. The molecular formula is C19H25NS. The van der Waals surface area contributed by atoms with E-state index in [2.05, 4.69) is 54.9 Å². The van der Waals surface area contributed by atoms with E-state index in [1.807, 2.05) is 11.3 Å². The highest BCUT2D eigenvalue weighted by molar-refractivity contribution is 7.10. The van der Waals surface area contributed by atoms with Gasteiger partial charge in [0.1, 0.15) is 0 Å². The molecule has 1 aromatic carbocycles. The highest BCUT2D eigenvalue weighted by Crippen LogP contribution is 2.42. The molecule has 0 radical (unpaired) electrons. The first kappa shape index (κ1) is 14.8. The van der Waals surface area contributed by atoms with Crippen LogP contribution in [0.15, 0.2) is 35.7 Å². The Morgan fingerprint density at radius 2 is 2.05 bits per heavy atom. The summed E-state index contributed by atoms with van der Waals surface area (Å²) in [7, 11) is 0. The fourth-order valence-electron chi connectivity index (χ4n) is 3.43. The van der Waals surface area contributed by atoms with Crippen LogP contribution in [0.4, 0.5) is 0 Å². The third-order valence-electron chi connectivity index (χ3n) is 4.55. The molecule has 0 spiro atoms. The first-order valence-electron chi connectivity index (χ1n) is 8.16. The Morgan fingerprint density at radius 3 is 2.81 bits per heavy atom. The quantitative estimate of drug-likeness (QED) is 0.798. The van der Waals surface area contributed by atoms with Crippen molar-refractivity contribution in [2.45, 2.75) is 51.5 Å². The summed E-state index contributed by atoms with van der Waals surface area (Å²) >= 11 is 1.94. The molecule has 0 saturated carbocycles. The fraction of sp³-hybridized carbons (Fsp3) is 0.474. The topological polar surface area (TPSA) is 12.0 Å². The second kappa shape index (κ2) is 6.76. The standard InChI is InChI=1S/C19H25NS/c1-3-12-20-19(15-9-7-14(2)8-10-15)17-5-4-6-18-16(17)11-13-21-18/h7-11,13,17,19-20H,3-6,12H2,1-2H3. The Balaban J connectivity index is 1.91. The van der Waals surface area contributed by atoms with Crippen LogP contribution in [-0.4, -0.2) is 6.54 Å². The Morgan fingerprint density at radius 1 is 1.24 bits per heavy atom. The summed E-state index contributed by atoms with van der Waals surface area (Å²) in [6.45, 7) is 5.50. The van der Waals surface area contributed by atoms with Gasteiger partial charge in [-0.1, -0.05) is 36.8 Å². The van der Waals surface area contributed by atoms with Crippen molar-refractivity contribution < 1.29 is 0 Å². The van der Waals surface area contributed by atoms with Crippen LogP contribution >= 0.6 is 11.3 Å². The maximum atomic E-state index is 3.81. The van der Waals surface area contributed by atoms with Crippen LogP contribution in [0, 0.1) is 6.92 Å². The van der Waals surface area contributed by atoms with Gasteiger partial charge in [0.05, 0.1) is 0 Å². The highest BCUT2D eigenvalue weighted by Gasteiger charge is 2.29. The molecule has 3 rings (SSSR count). The molecule has 0 aliphatic heterocycles. The molecule has 112 valence electrons. The Hall–Kier alpha value is -1.12. The Labute approximate surface area is 132 Å². The van der Waals surface area contributed by atoms with E-state index in [-0.39, 0.29) is 0 Å². The minimum absolute atomic E-state index is 0.458. The van der Waals surface area contributed by atoms with E-state index in [1.54, 1.807) is 10.4 Å². The average Bonchev–Trinajstić information content (AvgIpc) is 2.98. The van der Waals surface area contributed by atoms with Crippen LogP contribution in [0.5, 0.6) is 0 Å². The molecule has 1 aromatic heterocycles. The van der Waals surface area contributed by atoms with Crippen molar-refractivity contribution in [3.63, 3.8) is 0 Å². The van der Waals surface area contributed by atoms with Gasteiger partial charge in [-0.05, 0) is 61.7 Å². The van der Waals surface area contributed by atoms with Gasteiger partial charge in [0, 0.05) is 16.8 Å². The molecule has 1 N–H and O–H groups in total. The highest BCUT2D eigenvalue weighted by atomic mass is 32.1. The van der Waals surface area contributed by atoms with Crippen LogP contribution < -0.4 is 5.32 Å². The maximum absolute atomic E-state index is 3.81. The SMILES string of the molecule is CCCNC(c1ccc(C)cc1)C1CCCc2sccc21. The molecule has 0 saturated heterocycles. The summed E-state index contributed by atoms with van der Waals surface area (Å²) in [4.78, 5) is 1.61. The van der Waals surface area contributed by atoms with E-state index in [4.69, 9.17) is 0 Å². The lowest BCUT2D eigenvalue weighted by Crippen LogP contribution is -2.29. The van der Waals surface area contributed by atoms with Crippen molar-refractivity contribution in [1.82, 2.24) is 5.32 Å². The monoisotopic (exact) mass is 299 g/mol. The van der Waals surface area contributed by atoms with Gasteiger partial charge in [-0.25, -0.2) is 0 Å². The summed E-state index contributed by atoms with van der Waals surface area (Å²) < 4.78 is 0. The van der Waals surface area contributed by atoms with E-state index < -0.39 is 0 Å². The zero-order chi connectivity index (χ0) is 14.7. The molecule has 1 aliphatic rings. The van der Waals surface area contributed by atoms with Crippen LogP contribution in [0.3, 0.4) is 0 Å². The number of thiophene rings is 1. The number of aryl methyl sites for hydroxylation is 2. The zero-order valence-corrected chi connectivity index (χ0v) is 13.9. The predicted octanol–water partition coefficient (Wildman–Crippen LogP) is 5.22. The number of hydrogen-bond acceptors (Lipinski definition) is 2. The third kappa shape index (κ3) is 3.22. The summed E-state index contributed by atoms with van der Waals surface area (Å²) in [6.07, 6.45) is 5.09. The number of rotatable bonds is 5. The smallest absolute Gasteiger partial charge is 0.0389 e.